The maximum atomic E-state index is 13.1. The zero-order valence-electron chi connectivity index (χ0n) is 61.1. The lowest BCUT2D eigenvalue weighted by Gasteiger charge is -2.21. The standard InChI is InChI=1S/C75H146O17P2/c1-6-9-12-15-18-21-24-27-28-29-30-32-35-40-45-50-55-60-74(79)91-70(64-86-73(78)59-54-49-44-39-34-31-25-22-19-16-13-10-7-2)66-89-93(81,82)87-62-69(76)63-88-94(83,84)90-67-71(92-75(80)61-56-51-46-41-36-37-42-47-52-57-68(4)5)65-85-72(77)58-53-48-43-38-33-26-23-20-17-14-11-8-3/h68-71,76H,6-67H2,1-5H3,(H,81,82)(H,83,84)/t69-,70-,71-/m1/s1. The summed E-state index contributed by atoms with van der Waals surface area (Å²) in [6, 6.07) is 0. The summed E-state index contributed by atoms with van der Waals surface area (Å²) >= 11 is 0. The molecule has 0 aliphatic rings. The molecular formula is C75H146O17P2. The van der Waals surface area contributed by atoms with Crippen LogP contribution in [0.1, 0.15) is 394 Å². The van der Waals surface area contributed by atoms with Crippen molar-refractivity contribution in [3.05, 3.63) is 0 Å². The van der Waals surface area contributed by atoms with Crippen molar-refractivity contribution >= 4 is 39.5 Å². The summed E-state index contributed by atoms with van der Waals surface area (Å²) in [5.74, 6) is -1.38. The number of esters is 4. The van der Waals surface area contributed by atoms with Gasteiger partial charge in [0.25, 0.3) is 0 Å². The Balaban J connectivity index is 5.25. The molecule has 0 aromatic rings. The molecule has 5 atom stereocenters. The third kappa shape index (κ3) is 68.6. The first-order chi connectivity index (χ1) is 45.5. The molecule has 0 radical (unpaired) electrons. The van der Waals surface area contributed by atoms with Crippen molar-refractivity contribution in [2.75, 3.05) is 39.6 Å². The molecule has 0 spiro atoms. The largest absolute Gasteiger partial charge is 0.472 e. The molecule has 0 fully saturated rings. The predicted octanol–water partition coefficient (Wildman–Crippen LogP) is 22.1. The summed E-state index contributed by atoms with van der Waals surface area (Å²) in [6.07, 6.45) is 56.7. The van der Waals surface area contributed by atoms with Crippen LogP contribution >= 0.6 is 15.6 Å². The predicted molar refractivity (Wildman–Crippen MR) is 382 cm³/mol. The number of phosphoric acid groups is 2. The van der Waals surface area contributed by atoms with E-state index in [1.54, 1.807) is 0 Å². The van der Waals surface area contributed by atoms with Gasteiger partial charge in [-0.3, -0.25) is 37.3 Å². The Morgan fingerprint density at radius 2 is 0.489 bits per heavy atom. The Morgan fingerprint density at radius 1 is 0.287 bits per heavy atom. The molecule has 0 aromatic heterocycles. The highest BCUT2D eigenvalue weighted by Crippen LogP contribution is 2.45. The molecule has 0 rings (SSSR count). The average molecular weight is 1380 g/mol. The van der Waals surface area contributed by atoms with Crippen LogP contribution in [0.15, 0.2) is 0 Å². The van der Waals surface area contributed by atoms with Crippen LogP contribution < -0.4 is 0 Å². The smallest absolute Gasteiger partial charge is 0.462 e. The van der Waals surface area contributed by atoms with Gasteiger partial charge in [-0.1, -0.05) is 343 Å². The second-order valence-corrected chi connectivity index (χ2v) is 30.4. The molecule has 0 saturated heterocycles. The van der Waals surface area contributed by atoms with Crippen molar-refractivity contribution in [3.8, 4) is 0 Å². The van der Waals surface area contributed by atoms with E-state index in [4.69, 9.17) is 37.0 Å². The van der Waals surface area contributed by atoms with E-state index in [2.05, 4.69) is 34.6 Å². The SMILES string of the molecule is CCCCCCCCCCCCCCCCCCCC(=O)O[C@H](COC(=O)CCCCCCCCCCCCCCC)COP(=O)(O)OC[C@@H](O)COP(=O)(O)OC[C@@H](COC(=O)CCCCCCCCCCCCCC)OC(=O)CCCCCCCCCCCC(C)C. The molecule has 17 nitrogen and oxygen atoms in total. The third-order valence-corrected chi connectivity index (χ3v) is 19.4. The molecule has 19 heteroatoms. The van der Waals surface area contributed by atoms with E-state index in [1.165, 1.54) is 218 Å². The third-order valence-electron chi connectivity index (χ3n) is 17.5. The highest BCUT2D eigenvalue weighted by atomic mass is 31.2. The molecule has 3 N–H and O–H groups in total. The number of aliphatic hydroxyl groups excluding tert-OH is 1. The Bertz CT molecular complexity index is 1810. The van der Waals surface area contributed by atoms with E-state index in [0.29, 0.717) is 25.7 Å². The van der Waals surface area contributed by atoms with Gasteiger partial charge in [0.1, 0.15) is 19.3 Å². The van der Waals surface area contributed by atoms with Gasteiger partial charge in [-0.2, -0.15) is 0 Å². The van der Waals surface area contributed by atoms with Crippen LogP contribution in [0.5, 0.6) is 0 Å². The fourth-order valence-electron chi connectivity index (χ4n) is 11.5. The average Bonchev–Trinajstić information content (AvgIpc) is 1.91. The van der Waals surface area contributed by atoms with Crippen LogP contribution in [0.25, 0.3) is 0 Å². The number of hydrogen-bond donors (Lipinski definition) is 3. The quantitative estimate of drug-likeness (QED) is 0.0222. The lowest BCUT2D eigenvalue weighted by Crippen LogP contribution is -2.30. The summed E-state index contributed by atoms with van der Waals surface area (Å²) in [7, 11) is -9.91. The van der Waals surface area contributed by atoms with Crippen molar-refractivity contribution in [1.29, 1.82) is 0 Å². The van der Waals surface area contributed by atoms with Crippen molar-refractivity contribution in [2.24, 2.45) is 5.92 Å². The topological polar surface area (TPSA) is 237 Å². The van der Waals surface area contributed by atoms with E-state index >= 15 is 0 Å². The minimum atomic E-state index is -4.96. The summed E-state index contributed by atoms with van der Waals surface area (Å²) in [5, 5.41) is 10.6. The zero-order valence-corrected chi connectivity index (χ0v) is 62.9. The highest BCUT2D eigenvalue weighted by molar-refractivity contribution is 7.47. The fraction of sp³-hybridized carbons (Fsp3) is 0.947. The second-order valence-electron chi connectivity index (χ2n) is 27.5. The first-order valence-corrected chi connectivity index (χ1v) is 42.1. The van der Waals surface area contributed by atoms with Crippen LogP contribution in [0.4, 0.5) is 0 Å². The maximum absolute atomic E-state index is 13.1. The molecule has 94 heavy (non-hydrogen) atoms. The highest BCUT2D eigenvalue weighted by Gasteiger charge is 2.30. The number of carbonyl (C=O) groups excluding carboxylic acids is 4. The van der Waals surface area contributed by atoms with Crippen LogP contribution in [-0.2, 0) is 65.4 Å². The molecule has 0 aromatic carbocycles. The van der Waals surface area contributed by atoms with E-state index in [-0.39, 0.29) is 25.7 Å². The van der Waals surface area contributed by atoms with Gasteiger partial charge in [0.15, 0.2) is 12.2 Å². The first kappa shape index (κ1) is 92.1. The molecule has 0 aliphatic carbocycles. The molecule has 0 bridgehead atoms. The minimum Gasteiger partial charge on any atom is -0.462 e. The lowest BCUT2D eigenvalue weighted by molar-refractivity contribution is -0.161. The molecule has 558 valence electrons. The van der Waals surface area contributed by atoms with E-state index in [1.807, 2.05) is 0 Å². The number of phosphoric ester groups is 2. The van der Waals surface area contributed by atoms with Crippen molar-refractivity contribution < 1.29 is 80.2 Å². The van der Waals surface area contributed by atoms with Crippen LogP contribution in [0, 0.1) is 5.92 Å². The number of carbonyl (C=O) groups is 4. The van der Waals surface area contributed by atoms with Gasteiger partial charge in [-0.25, -0.2) is 9.13 Å². The van der Waals surface area contributed by atoms with Gasteiger partial charge in [0, 0.05) is 25.7 Å². The molecule has 0 amide bonds. The van der Waals surface area contributed by atoms with Gasteiger partial charge in [-0.05, 0) is 31.6 Å². The summed E-state index contributed by atoms with van der Waals surface area (Å²) in [4.78, 5) is 72.8. The van der Waals surface area contributed by atoms with Gasteiger partial charge < -0.3 is 33.8 Å². The lowest BCUT2D eigenvalue weighted by atomic mass is 10.0. The molecule has 0 heterocycles. The van der Waals surface area contributed by atoms with Gasteiger partial charge in [0.2, 0.25) is 0 Å². The normalized spacial score (nSPS) is 14.0. The second kappa shape index (κ2) is 68.2. The summed E-state index contributed by atoms with van der Waals surface area (Å²) < 4.78 is 68.5. The monoisotopic (exact) mass is 1380 g/mol. The minimum absolute atomic E-state index is 0.106. The summed E-state index contributed by atoms with van der Waals surface area (Å²) in [6.45, 7) is 7.27. The zero-order chi connectivity index (χ0) is 69.1. The molecular weight excluding hydrogens is 1230 g/mol. The Morgan fingerprint density at radius 3 is 0.723 bits per heavy atom. The number of unbranched alkanes of at least 4 members (excludes halogenated alkanes) is 47. The maximum Gasteiger partial charge on any atom is 0.472 e. The van der Waals surface area contributed by atoms with Gasteiger partial charge in [0.05, 0.1) is 26.4 Å². The Kier molecular flexibility index (Phi) is 66.8. The summed E-state index contributed by atoms with van der Waals surface area (Å²) in [5.41, 5.74) is 0. The first-order valence-electron chi connectivity index (χ1n) is 39.1. The van der Waals surface area contributed by atoms with Crippen molar-refractivity contribution in [1.82, 2.24) is 0 Å². The van der Waals surface area contributed by atoms with Crippen LogP contribution in [0.2, 0.25) is 0 Å². The fourth-order valence-corrected chi connectivity index (χ4v) is 13.1. The van der Waals surface area contributed by atoms with E-state index in [9.17, 15) is 43.2 Å². The van der Waals surface area contributed by atoms with E-state index in [0.717, 1.165) is 95.8 Å². The van der Waals surface area contributed by atoms with Crippen LogP contribution in [-0.4, -0.2) is 96.7 Å². The van der Waals surface area contributed by atoms with E-state index < -0.39 is 97.5 Å². The number of rotatable bonds is 75. The van der Waals surface area contributed by atoms with Crippen LogP contribution in [0.3, 0.4) is 0 Å². The molecule has 0 saturated carbocycles. The number of hydrogen-bond acceptors (Lipinski definition) is 15. The number of ether oxygens (including phenoxy) is 4. The Hall–Kier alpha value is -1.94. The van der Waals surface area contributed by atoms with Gasteiger partial charge in [-0.15, -0.1) is 0 Å². The van der Waals surface area contributed by atoms with Crippen molar-refractivity contribution in [2.45, 2.75) is 412 Å². The molecule has 0 aliphatic heterocycles. The number of aliphatic hydroxyl groups is 1. The van der Waals surface area contributed by atoms with Crippen molar-refractivity contribution in [3.63, 3.8) is 0 Å². The molecule has 2 unspecified atom stereocenters. The van der Waals surface area contributed by atoms with Gasteiger partial charge >= 0.3 is 39.5 Å². The Labute approximate surface area is 575 Å².